The Hall–Kier alpha value is -1.87. The van der Waals surface area contributed by atoms with Gasteiger partial charge in [-0.05, 0) is 62.3 Å². The Labute approximate surface area is 126 Å². The van der Waals surface area contributed by atoms with E-state index in [1.807, 2.05) is 18.2 Å². The molecule has 0 radical (unpaired) electrons. The Balaban J connectivity index is 2.20. The van der Waals surface area contributed by atoms with Crippen molar-refractivity contribution in [2.75, 3.05) is 16.8 Å². The van der Waals surface area contributed by atoms with Crippen LogP contribution in [0.1, 0.15) is 18.1 Å². The predicted octanol–water partition coefficient (Wildman–Crippen LogP) is 4.53. The topological polar surface area (TPSA) is 15.3 Å². The highest BCUT2D eigenvalue weighted by Crippen LogP contribution is 2.19. The fourth-order valence-corrected chi connectivity index (χ4v) is 2.45. The Morgan fingerprint density at radius 1 is 1.10 bits per heavy atom. The molecular weight excluding hydrogens is 264 g/mol. The lowest BCUT2D eigenvalue weighted by molar-refractivity contribution is 1.06. The van der Waals surface area contributed by atoms with Gasteiger partial charge in [0.15, 0.2) is 5.11 Å². The number of nitrogens with one attached hydrogen (secondary N) is 1. The van der Waals surface area contributed by atoms with E-state index in [-0.39, 0.29) is 0 Å². The number of nitrogens with zero attached hydrogens (tertiary/aromatic N) is 1. The van der Waals surface area contributed by atoms with Gasteiger partial charge >= 0.3 is 0 Å². The van der Waals surface area contributed by atoms with Gasteiger partial charge in [-0.3, -0.25) is 0 Å². The van der Waals surface area contributed by atoms with Gasteiger partial charge in [-0.1, -0.05) is 30.3 Å². The van der Waals surface area contributed by atoms with Gasteiger partial charge in [-0.15, -0.1) is 0 Å². The zero-order valence-electron chi connectivity index (χ0n) is 12.2. The summed E-state index contributed by atoms with van der Waals surface area (Å²) in [5.41, 5.74) is 4.60. The van der Waals surface area contributed by atoms with Gasteiger partial charge < -0.3 is 10.2 Å². The zero-order chi connectivity index (χ0) is 14.5. The number of anilines is 2. The number of hydrogen-bond donors (Lipinski definition) is 1. The molecule has 0 bridgehead atoms. The molecule has 0 fully saturated rings. The van der Waals surface area contributed by atoms with Gasteiger partial charge in [0.25, 0.3) is 0 Å². The highest BCUT2D eigenvalue weighted by atomic mass is 32.1. The molecule has 2 aromatic carbocycles. The number of para-hydroxylation sites is 1. The van der Waals surface area contributed by atoms with Gasteiger partial charge in [0.2, 0.25) is 0 Å². The number of aryl methyl sites for hydroxylation is 2. The lowest BCUT2D eigenvalue weighted by Gasteiger charge is -2.25. The van der Waals surface area contributed by atoms with Crippen molar-refractivity contribution < 1.29 is 0 Å². The number of hydrogen-bond acceptors (Lipinski definition) is 1. The SMILES string of the molecule is CCN(C(=S)Nc1cc(C)ccc1C)c1ccccc1. The first kappa shape index (κ1) is 14.5. The molecule has 0 unspecified atom stereocenters. The first-order valence-corrected chi connectivity index (χ1v) is 7.23. The fraction of sp³-hybridized carbons (Fsp3) is 0.235. The second-order valence-corrected chi connectivity index (χ2v) is 5.22. The molecule has 104 valence electrons. The first-order valence-electron chi connectivity index (χ1n) is 6.82. The van der Waals surface area contributed by atoms with Crippen LogP contribution in [0.15, 0.2) is 48.5 Å². The van der Waals surface area contributed by atoms with Crippen molar-refractivity contribution in [3.63, 3.8) is 0 Å². The summed E-state index contributed by atoms with van der Waals surface area (Å²) < 4.78 is 0. The minimum absolute atomic E-state index is 0.729. The Morgan fingerprint density at radius 2 is 1.80 bits per heavy atom. The van der Waals surface area contributed by atoms with E-state index in [0.29, 0.717) is 0 Å². The summed E-state index contributed by atoms with van der Waals surface area (Å²) in [5.74, 6) is 0. The Morgan fingerprint density at radius 3 is 2.45 bits per heavy atom. The molecule has 0 saturated carbocycles. The van der Waals surface area contributed by atoms with Crippen LogP contribution in [0.2, 0.25) is 0 Å². The van der Waals surface area contributed by atoms with Crippen molar-refractivity contribution >= 4 is 28.7 Å². The van der Waals surface area contributed by atoms with E-state index in [1.54, 1.807) is 0 Å². The van der Waals surface area contributed by atoms with Gasteiger partial charge in [-0.25, -0.2) is 0 Å². The highest BCUT2D eigenvalue weighted by molar-refractivity contribution is 7.80. The molecule has 0 aliphatic heterocycles. The molecule has 20 heavy (non-hydrogen) atoms. The summed E-state index contributed by atoms with van der Waals surface area (Å²) in [6, 6.07) is 16.6. The van der Waals surface area contributed by atoms with Crippen molar-refractivity contribution in [1.29, 1.82) is 0 Å². The molecule has 0 amide bonds. The first-order chi connectivity index (χ1) is 9.61. The lowest BCUT2D eigenvalue weighted by atomic mass is 10.1. The van der Waals surface area contributed by atoms with Crippen LogP contribution in [0.5, 0.6) is 0 Å². The summed E-state index contributed by atoms with van der Waals surface area (Å²) in [6.45, 7) is 7.11. The largest absolute Gasteiger partial charge is 0.332 e. The second kappa shape index (κ2) is 6.53. The third-order valence-corrected chi connectivity index (χ3v) is 3.59. The maximum Gasteiger partial charge on any atom is 0.177 e. The fourth-order valence-electron chi connectivity index (χ4n) is 2.10. The number of thiocarbonyl (C=S) groups is 1. The van der Waals surface area contributed by atoms with Crippen molar-refractivity contribution in [1.82, 2.24) is 0 Å². The molecule has 2 nitrogen and oxygen atoms in total. The van der Waals surface area contributed by atoms with Crippen LogP contribution in [-0.4, -0.2) is 11.7 Å². The minimum Gasteiger partial charge on any atom is -0.332 e. The average Bonchev–Trinajstić information content (AvgIpc) is 2.45. The smallest absolute Gasteiger partial charge is 0.177 e. The van der Waals surface area contributed by atoms with Crippen LogP contribution in [0.3, 0.4) is 0 Å². The van der Waals surface area contributed by atoms with E-state index in [9.17, 15) is 0 Å². The monoisotopic (exact) mass is 284 g/mol. The van der Waals surface area contributed by atoms with Gasteiger partial charge in [0.05, 0.1) is 0 Å². The zero-order valence-corrected chi connectivity index (χ0v) is 13.0. The molecule has 2 rings (SSSR count). The normalized spacial score (nSPS) is 10.2. The highest BCUT2D eigenvalue weighted by Gasteiger charge is 2.10. The third-order valence-electron chi connectivity index (χ3n) is 3.26. The van der Waals surface area contributed by atoms with Crippen LogP contribution in [0.25, 0.3) is 0 Å². The van der Waals surface area contributed by atoms with Gasteiger partial charge in [0, 0.05) is 17.9 Å². The average molecular weight is 284 g/mol. The standard InChI is InChI=1S/C17H20N2S/c1-4-19(15-8-6-5-7-9-15)17(20)18-16-12-13(2)10-11-14(16)3/h5-12H,4H2,1-3H3,(H,18,20). The van der Waals surface area contributed by atoms with E-state index in [0.717, 1.165) is 23.0 Å². The van der Waals surface area contributed by atoms with E-state index in [4.69, 9.17) is 12.2 Å². The lowest BCUT2D eigenvalue weighted by Crippen LogP contribution is -2.34. The van der Waals surface area contributed by atoms with Crippen molar-refractivity contribution in [2.45, 2.75) is 20.8 Å². The summed E-state index contributed by atoms with van der Waals surface area (Å²) in [5, 5.41) is 4.09. The maximum atomic E-state index is 5.56. The van der Waals surface area contributed by atoms with Crippen LogP contribution >= 0.6 is 12.2 Å². The van der Waals surface area contributed by atoms with E-state index in [2.05, 4.69) is 61.3 Å². The molecule has 0 aromatic heterocycles. The molecule has 3 heteroatoms. The molecule has 0 saturated heterocycles. The quantitative estimate of drug-likeness (QED) is 0.834. The molecular formula is C17H20N2S. The summed E-state index contributed by atoms with van der Waals surface area (Å²) >= 11 is 5.56. The molecule has 0 atom stereocenters. The molecule has 0 spiro atoms. The molecule has 2 aromatic rings. The van der Waals surface area contributed by atoms with Gasteiger partial charge in [-0.2, -0.15) is 0 Å². The van der Waals surface area contributed by atoms with Crippen LogP contribution in [-0.2, 0) is 0 Å². The van der Waals surface area contributed by atoms with Crippen molar-refractivity contribution in [3.8, 4) is 0 Å². The van der Waals surface area contributed by atoms with Crippen molar-refractivity contribution in [3.05, 3.63) is 59.7 Å². The Bertz CT molecular complexity index is 593. The van der Waals surface area contributed by atoms with Gasteiger partial charge in [0.1, 0.15) is 0 Å². The number of rotatable bonds is 3. The van der Waals surface area contributed by atoms with Crippen molar-refractivity contribution in [2.24, 2.45) is 0 Å². The predicted molar refractivity (Wildman–Crippen MR) is 91.6 cm³/mol. The summed E-state index contributed by atoms with van der Waals surface area (Å²) in [4.78, 5) is 2.09. The molecule has 0 aliphatic carbocycles. The van der Waals surface area contributed by atoms with E-state index in [1.165, 1.54) is 11.1 Å². The molecule has 0 heterocycles. The maximum absolute atomic E-state index is 5.56. The van der Waals surface area contributed by atoms with E-state index < -0.39 is 0 Å². The van der Waals surface area contributed by atoms with Crippen LogP contribution in [0, 0.1) is 13.8 Å². The summed E-state index contributed by atoms with van der Waals surface area (Å²) in [6.07, 6.45) is 0. The third kappa shape index (κ3) is 3.36. The van der Waals surface area contributed by atoms with E-state index >= 15 is 0 Å². The van der Waals surface area contributed by atoms with Crippen LogP contribution < -0.4 is 10.2 Å². The minimum atomic E-state index is 0.729. The molecule has 0 aliphatic rings. The second-order valence-electron chi connectivity index (χ2n) is 4.83. The van der Waals surface area contributed by atoms with Crippen LogP contribution in [0.4, 0.5) is 11.4 Å². The summed E-state index contributed by atoms with van der Waals surface area (Å²) in [7, 11) is 0. The number of benzene rings is 2. The molecule has 1 N–H and O–H groups in total. The Kier molecular flexibility index (Phi) is 4.74.